The van der Waals surface area contributed by atoms with Crippen molar-refractivity contribution < 1.29 is 81.5 Å². The number of nitrogens with one attached hydrogen (secondary N) is 9. The Bertz CT molecular complexity index is 4600. The molecule has 0 bridgehead atoms. The Morgan fingerprint density at radius 1 is 0.620 bits per heavy atom. The second kappa shape index (κ2) is 49.1. The average Bonchev–Trinajstić information content (AvgIpc) is 1.36. The number of aliphatic carboxylic acids is 1. The number of Topliss-reactive ketones (excluding diaryl/α,β-unsaturated/α-hetero) is 2. The molecule has 14 atom stereocenters. The lowest BCUT2D eigenvalue weighted by Crippen LogP contribution is -2.56. The van der Waals surface area contributed by atoms with E-state index in [-0.39, 0.29) is 76.9 Å². The summed E-state index contributed by atoms with van der Waals surface area (Å²) in [5, 5.41) is 36.0. The molecule has 2 aliphatic rings. The number of hydrogen-bond donors (Lipinski definition) is 13. The van der Waals surface area contributed by atoms with Gasteiger partial charge in [-0.2, -0.15) is 0 Å². The monoisotopic (exact) mass is 1760 g/mol. The highest BCUT2D eigenvalue weighted by Gasteiger charge is 2.41. The number of urea groups is 1. The molecule has 2 fully saturated rings. The lowest BCUT2D eigenvalue weighted by Gasteiger charge is -2.30. The Morgan fingerprint density at radius 2 is 1.18 bits per heavy atom. The van der Waals surface area contributed by atoms with E-state index in [1.165, 1.54) is 18.7 Å². The summed E-state index contributed by atoms with van der Waals surface area (Å²) in [6.07, 6.45) is 7.28. The van der Waals surface area contributed by atoms with E-state index in [1.54, 1.807) is 103 Å². The number of ketones is 2. The number of likely N-dealkylation sites (tertiary alicyclic amines) is 1. The number of imide groups is 1. The van der Waals surface area contributed by atoms with E-state index in [2.05, 4.69) is 84.5 Å². The van der Waals surface area contributed by atoms with Crippen LogP contribution in [-0.2, 0) is 97.3 Å². The quantitative estimate of drug-likeness (QED) is 0.00972. The number of unbranched alkanes of at least 4 members (excludes halogenated alkanes) is 2. The van der Waals surface area contributed by atoms with Gasteiger partial charge in [-0.05, 0) is 165 Å². The Morgan fingerprint density at radius 3 is 1.75 bits per heavy atom. The van der Waals surface area contributed by atoms with Crippen molar-refractivity contribution in [2.45, 2.75) is 193 Å². The van der Waals surface area contributed by atoms with Crippen molar-refractivity contribution in [1.29, 1.82) is 0 Å². The van der Waals surface area contributed by atoms with Crippen LogP contribution in [0, 0.1) is 29.6 Å². The number of pyridine rings is 1. The molecule has 16 N–H and O–H groups in total. The molecular weight excluding hydrogens is 1650 g/mol. The fourth-order valence-corrected chi connectivity index (χ4v) is 15.9. The number of aromatic nitrogens is 1. The number of halogens is 1. The summed E-state index contributed by atoms with van der Waals surface area (Å²) < 4.78 is 5.62. The minimum absolute atomic E-state index is 0.00290. The fraction of sp³-hybridized carbons (Fsp3) is 0.435. The number of benzene rings is 5. The number of rotatable bonds is 44. The number of hydrogen-bond acceptors (Lipinski definition) is 18. The molecule has 0 spiro atoms. The van der Waals surface area contributed by atoms with Gasteiger partial charge in [-0.25, -0.2) is 9.59 Å². The minimum Gasteiger partial charge on any atom is -0.480 e. The van der Waals surface area contributed by atoms with Gasteiger partial charge < -0.3 is 74.3 Å². The molecule has 8 rings (SSSR count). The zero-order valence-electron chi connectivity index (χ0n) is 68.6. The zero-order chi connectivity index (χ0) is 88.6. The normalized spacial score (nSPS) is 15.9. The third-order valence-corrected chi connectivity index (χ3v) is 29.2. The topological polar surface area (TPSA) is 488 Å². The van der Waals surface area contributed by atoms with Crippen LogP contribution < -0.4 is 65.1 Å². The summed E-state index contributed by atoms with van der Waals surface area (Å²) in [4.78, 5) is 202. The van der Waals surface area contributed by atoms with Gasteiger partial charge in [0.15, 0.2) is 17.6 Å². The Labute approximate surface area is 716 Å². The maximum atomic E-state index is 14.5. The first-order valence-corrected chi connectivity index (χ1v) is 47.0. The van der Waals surface area contributed by atoms with Crippen LogP contribution in [0.3, 0.4) is 0 Å². The molecule has 650 valence electrons. The molecule has 5 unspecified atom stereocenters. The van der Waals surface area contributed by atoms with Gasteiger partial charge in [0.05, 0.1) is 38.2 Å². The van der Waals surface area contributed by atoms with E-state index in [4.69, 9.17) is 33.3 Å². The Kier molecular flexibility index (Phi) is 39.8. The van der Waals surface area contributed by atoms with E-state index in [0.29, 0.717) is 83.8 Å². The molecule has 2 saturated heterocycles. The van der Waals surface area contributed by atoms with Gasteiger partial charge in [0.25, 0.3) is 0 Å². The number of carboxylic acids is 1. The second-order valence-corrected chi connectivity index (χ2v) is 40.1. The molecule has 121 heavy (non-hydrogen) atoms. The summed E-state index contributed by atoms with van der Waals surface area (Å²) in [6.45, 7) is 10.9. The predicted octanol–water partition coefficient (Wildman–Crippen LogP) is 8.23. The highest BCUT2D eigenvalue weighted by atomic mass is 35.5. The van der Waals surface area contributed by atoms with Gasteiger partial charge in [0.2, 0.25) is 65.0 Å². The summed E-state index contributed by atoms with van der Waals surface area (Å²) in [6, 6.07) is 26.8. The van der Waals surface area contributed by atoms with Crippen LogP contribution in [0.1, 0.15) is 152 Å². The van der Waals surface area contributed by atoms with Crippen molar-refractivity contribution in [1.82, 2.24) is 47.1 Å². The first kappa shape index (κ1) is 98.0. The maximum absolute atomic E-state index is 14.5. The number of nitrogens with two attached hydrogens (primary N) is 3. The smallest absolute Gasteiger partial charge is 0.328 e. The number of amides is 13. The van der Waals surface area contributed by atoms with Crippen LogP contribution in [0.25, 0.3) is 10.8 Å². The number of fused-ring (bicyclic) bond motifs is 1. The molecule has 0 saturated carbocycles. The summed E-state index contributed by atoms with van der Waals surface area (Å²) in [5.74, 6) is -10.6. The van der Waals surface area contributed by atoms with Crippen molar-refractivity contribution in [2.24, 2.45) is 46.8 Å². The predicted molar refractivity (Wildman–Crippen MR) is 471 cm³/mol. The van der Waals surface area contributed by atoms with Crippen LogP contribution in [0.15, 0.2) is 140 Å². The fourth-order valence-electron chi connectivity index (χ4n) is 14.0. The molecule has 2 aliphatic heterocycles. The average molecular weight is 1760 g/mol. The van der Waals surface area contributed by atoms with Crippen molar-refractivity contribution in [2.75, 3.05) is 23.8 Å². The summed E-state index contributed by atoms with van der Waals surface area (Å²) in [7, 11) is 4.47. The number of nitrogens with zero attached hydrogens (tertiary/aromatic N) is 2. The van der Waals surface area contributed by atoms with Crippen LogP contribution in [0.2, 0.25) is 5.02 Å². The minimum atomic E-state index is -1.35. The van der Waals surface area contributed by atoms with Crippen molar-refractivity contribution >= 4 is 156 Å². The molecular formula is C85H111ClN14O17P4. The SMILES string of the molecule is CC(=O)N[C@@H](C(=O)N[C@H](Cc1ccc(Cl)cc1)C(=O)C[C@H](Cc1cccnc1)C(=O)N[C@@H](COP(P)PP)C(=O)O)c1ccc2ccccc2c1.CC(C)CCCCC[C@H](NC(=O)[C@@H](CC(=O)[C@@H](Cc1ccc(NC(N)=O)cc1)NC(=O)[C@@H](N)Cc1ccc(NC(=O)C2CC(=O)NC(=O)C2)cc1)CC(C)C)C(=O)N1CCCC1C(=O)N[C@H](C)C(N)=O. The zero-order valence-corrected chi connectivity index (χ0v) is 73.6. The van der Waals surface area contributed by atoms with E-state index in [0.717, 1.165) is 30.0 Å². The Hall–Kier alpha value is -10.1. The third kappa shape index (κ3) is 33.0. The summed E-state index contributed by atoms with van der Waals surface area (Å²) >= 11 is 6.11. The van der Waals surface area contributed by atoms with Gasteiger partial charge >= 0.3 is 12.0 Å². The number of carbonyl (C=O) groups excluding carboxylic acids is 14. The standard InChI is InChI=1S/C50H72N10O10.C35H39ClN4O7P4/c1-28(2)10-7-6-8-11-38(49(69)60-21-9-12-40(60)48(68)54-30(5)44(52)64)57-46(66)33(22-29(3)4)25-41(61)39(24-32-15-19-36(20-16-32)56-50(53)70)58-47(67)37(51)23-31-13-17-35(18-14-31)55-45(65)34-26-42(62)59-43(63)27-34;1-21(41)38-32(26-11-10-24-6-2-3-7-25(24)17-26)34(44)39-29(16-22-8-12-28(36)13-9-22)31(42)18-27(15-23-5-4-14-37-19-23)33(43)40-30(35(45)46)20-47-51(49)50-48/h13-20,28-30,33-34,37-40H,6-12,21-27,51H2,1-5H3,(H2,52,64)(H,54,68)(H,55,65)(H,57,66)(H,58,67)(H3,53,56,70)(H,59,62,63);2-14,17,19,27,29-30,32,50H,15-16,18,20,48-49H2,1H3,(H,38,41)(H,39,44)(H,40,43)(H,45,46)/t30-,33-,37+,38+,39-,40?;27-,29+,30-,32+,51?/m10/s1. The molecule has 6 aromatic rings. The molecule has 1 aromatic heterocycles. The van der Waals surface area contributed by atoms with Crippen molar-refractivity contribution in [3.63, 3.8) is 0 Å². The third-order valence-electron chi connectivity index (χ3n) is 20.4. The first-order valence-electron chi connectivity index (χ1n) is 40.1. The van der Waals surface area contributed by atoms with Crippen LogP contribution >= 0.6 is 44.9 Å². The van der Waals surface area contributed by atoms with Gasteiger partial charge in [0.1, 0.15) is 24.2 Å². The van der Waals surface area contributed by atoms with Crippen molar-refractivity contribution in [3.05, 3.63) is 173 Å². The number of carboxylic acid groups (broad SMARTS) is 1. The van der Waals surface area contributed by atoms with Crippen LogP contribution in [0.5, 0.6) is 0 Å². The lowest BCUT2D eigenvalue weighted by atomic mass is 9.88. The molecule has 36 heteroatoms. The molecule has 3 heterocycles. The molecule has 0 radical (unpaired) electrons. The van der Waals surface area contributed by atoms with Crippen LogP contribution in [-0.4, -0.2) is 159 Å². The first-order chi connectivity index (χ1) is 57.5. The van der Waals surface area contributed by atoms with Gasteiger partial charge in [-0.15, -0.1) is 8.93 Å². The number of piperidine rings is 1. The molecule has 5 aromatic carbocycles. The molecule has 13 amide bonds. The van der Waals surface area contributed by atoms with E-state index < -0.39 is 162 Å². The van der Waals surface area contributed by atoms with Gasteiger partial charge in [-0.1, -0.05) is 153 Å². The lowest BCUT2D eigenvalue weighted by molar-refractivity contribution is -0.143. The number of anilines is 2. The second-order valence-electron chi connectivity index (χ2n) is 31.2. The van der Waals surface area contributed by atoms with Crippen molar-refractivity contribution in [3.8, 4) is 0 Å². The van der Waals surface area contributed by atoms with Crippen LogP contribution in [0.4, 0.5) is 16.2 Å². The van der Waals surface area contributed by atoms with E-state index >= 15 is 0 Å². The Balaban J connectivity index is 0.000000350. The van der Waals surface area contributed by atoms with Gasteiger partial charge in [0, 0.05) is 79.8 Å². The molecule has 31 nitrogen and oxygen atoms in total. The largest absolute Gasteiger partial charge is 0.480 e. The highest BCUT2D eigenvalue weighted by molar-refractivity contribution is 8.59. The van der Waals surface area contributed by atoms with E-state index in [1.807, 2.05) is 50.2 Å². The van der Waals surface area contributed by atoms with E-state index in [9.17, 15) is 77.0 Å². The number of primary amides is 2. The number of carbonyl (C=O) groups is 15. The highest BCUT2D eigenvalue weighted by Crippen LogP contribution is 2.66. The molecule has 0 aliphatic carbocycles. The maximum Gasteiger partial charge on any atom is 0.328 e. The van der Waals surface area contributed by atoms with Gasteiger partial charge in [-0.3, -0.25) is 72.6 Å². The summed E-state index contributed by atoms with van der Waals surface area (Å²) in [5.41, 5.74) is 21.0.